The van der Waals surface area contributed by atoms with Crippen LogP contribution in [0.3, 0.4) is 0 Å². The Morgan fingerprint density at radius 1 is 0.906 bits per heavy atom. The second kappa shape index (κ2) is 29.3. The van der Waals surface area contributed by atoms with Crippen LogP contribution in [0.1, 0.15) is 77.6 Å². The summed E-state index contributed by atoms with van der Waals surface area (Å²) in [5.74, 6) is -3.37. The molecule has 0 aliphatic heterocycles. The molecule has 0 aromatic heterocycles. The van der Waals surface area contributed by atoms with E-state index in [0.717, 1.165) is 12.8 Å². The van der Waals surface area contributed by atoms with Crippen molar-refractivity contribution in [1.29, 1.82) is 0 Å². The van der Waals surface area contributed by atoms with Gasteiger partial charge in [-0.25, -0.2) is 0 Å². The molecule has 0 spiro atoms. The number of carbonyl (C=O) groups is 3. The summed E-state index contributed by atoms with van der Waals surface area (Å²) in [7, 11) is -4.82. The Kier molecular flexibility index (Phi) is 38.8. The number of hydrogen-bond acceptors (Lipinski definition) is 8. The molecule has 14 heteroatoms. The number of rotatable bonds is 15. The van der Waals surface area contributed by atoms with Gasteiger partial charge in [-0.3, -0.25) is 14.1 Å². The molecule has 0 rings (SSSR count). The third-order valence-corrected chi connectivity index (χ3v) is 4.74. The number of aliphatic hydroxyl groups excluding tert-OH is 1. The number of unbranched alkanes of at least 4 members (excludes halogenated alkanes) is 8. The maximum absolute atomic E-state index is 10.4. The molecule has 1 unspecified atom stereocenters. The van der Waals surface area contributed by atoms with Crippen LogP contribution in [-0.2, 0) is 24.5 Å². The van der Waals surface area contributed by atoms with Crippen LogP contribution in [0.15, 0.2) is 0 Å². The molecule has 11 nitrogen and oxygen atoms in total. The van der Waals surface area contributed by atoms with Crippen molar-refractivity contribution in [2.24, 2.45) is 17.2 Å². The van der Waals surface area contributed by atoms with E-state index in [-0.39, 0.29) is 71.6 Å². The van der Waals surface area contributed by atoms with Gasteiger partial charge in [-0.15, -0.1) is 0 Å². The van der Waals surface area contributed by atoms with Gasteiger partial charge in [-0.2, -0.15) is 8.42 Å². The molecule has 0 aromatic carbocycles. The molecule has 1 atom stereocenters. The standard InChI is InChI=1S/C12H25NO.C4H7NO6S.C2H7NO.2Na.H/c1-2-3-4-5-6-7-8-9-10-11-12(13)14;5-3(6)1-2(4(7)8)12(9,10)11;3-1-2-4;;;/h2-11H2,1H3,(H2,13,14);2H,1H2,(H2,5,6)(H,7,8)(H,9,10,11);4H,1-3H2;;;/q;;;;+1;/p-1. The van der Waals surface area contributed by atoms with Crippen molar-refractivity contribution in [2.75, 3.05) is 13.2 Å². The van der Waals surface area contributed by atoms with Crippen LogP contribution in [0.4, 0.5) is 0 Å². The first-order chi connectivity index (χ1) is 13.9. The van der Waals surface area contributed by atoms with Crippen molar-refractivity contribution in [1.82, 2.24) is 0 Å². The van der Waals surface area contributed by atoms with Gasteiger partial charge in [0.1, 0.15) is 5.25 Å². The first-order valence-corrected chi connectivity index (χ1v) is 11.5. The van der Waals surface area contributed by atoms with E-state index < -0.39 is 33.7 Å². The summed E-state index contributed by atoms with van der Waals surface area (Å²) >= 11 is 0. The average Bonchev–Trinajstić information content (AvgIpc) is 2.64. The number of aliphatic carboxylic acids is 1. The third kappa shape index (κ3) is 37.5. The van der Waals surface area contributed by atoms with Gasteiger partial charge in [0, 0.05) is 13.0 Å². The number of carboxylic acid groups (broad SMARTS) is 1. The fourth-order valence-corrected chi connectivity index (χ4v) is 2.72. The summed E-state index contributed by atoms with van der Waals surface area (Å²) in [4.78, 5) is 30.6. The van der Waals surface area contributed by atoms with Crippen molar-refractivity contribution in [3.63, 3.8) is 0 Å². The quantitative estimate of drug-likeness (QED) is 0.0823. The van der Waals surface area contributed by atoms with E-state index in [0.29, 0.717) is 13.0 Å². The maximum atomic E-state index is 10.4. The summed E-state index contributed by atoms with van der Waals surface area (Å²) in [5, 5.41) is 15.5. The molecule has 0 bridgehead atoms. The van der Waals surface area contributed by atoms with Gasteiger partial charge in [-0.05, 0) is 6.42 Å². The topological polar surface area (TPSA) is 227 Å². The molecule has 8 N–H and O–H groups in total. The van der Waals surface area contributed by atoms with Crippen LogP contribution in [0.5, 0.6) is 0 Å². The Bertz CT molecular complexity index is 564. The van der Waals surface area contributed by atoms with Crippen molar-refractivity contribution >= 4 is 57.5 Å². The summed E-state index contributed by atoms with van der Waals surface area (Å²) in [6.45, 7) is 2.71. The van der Waals surface area contributed by atoms with Crippen molar-refractivity contribution in [3.05, 3.63) is 0 Å². The number of carbonyl (C=O) groups excluding carboxylic acids is 3. The van der Waals surface area contributed by atoms with Gasteiger partial charge in [-0.1, -0.05) is 58.3 Å². The van der Waals surface area contributed by atoms with Gasteiger partial charge in [0.2, 0.25) is 11.8 Å². The van der Waals surface area contributed by atoms with E-state index in [1.54, 1.807) is 0 Å². The van der Waals surface area contributed by atoms with Crippen LogP contribution in [0.2, 0.25) is 0 Å². The molecule has 0 fully saturated rings. The number of carboxylic acids is 1. The number of amides is 2. The summed E-state index contributed by atoms with van der Waals surface area (Å²) in [5.41, 5.74) is 14.3. The van der Waals surface area contributed by atoms with E-state index in [9.17, 15) is 27.9 Å². The van der Waals surface area contributed by atoms with E-state index >= 15 is 0 Å². The number of nitrogens with two attached hydrogens (primary N) is 3. The molecular weight excluding hydrogens is 464 g/mol. The minimum absolute atomic E-state index is 0. The van der Waals surface area contributed by atoms with Gasteiger partial charge in [0.05, 0.1) is 19.0 Å². The molecular formula is C18H39N3Na2O8S. The number of primary amides is 2. The molecule has 0 saturated heterocycles. The average molecular weight is 504 g/mol. The van der Waals surface area contributed by atoms with Gasteiger partial charge >= 0.3 is 59.1 Å². The van der Waals surface area contributed by atoms with Crippen molar-refractivity contribution in [3.8, 4) is 0 Å². The Hall–Kier alpha value is 0.240. The monoisotopic (exact) mass is 503 g/mol. The molecule has 0 saturated carbocycles. The van der Waals surface area contributed by atoms with Gasteiger partial charge < -0.3 is 32.2 Å². The third-order valence-electron chi connectivity index (χ3n) is 3.66. The van der Waals surface area contributed by atoms with E-state index in [1.165, 1.54) is 44.9 Å². The first-order valence-electron chi connectivity index (χ1n) is 9.98. The van der Waals surface area contributed by atoms with E-state index in [2.05, 4.69) is 12.7 Å². The predicted molar refractivity (Wildman–Crippen MR) is 118 cm³/mol. The van der Waals surface area contributed by atoms with Crippen molar-refractivity contribution < 1.29 is 67.1 Å². The Balaban J connectivity index is -0.000000124. The van der Waals surface area contributed by atoms with Crippen LogP contribution >= 0.6 is 0 Å². The SMILES string of the molecule is CCCCCCCCCCCC(N)=O.NC(=O)CC(C(=O)[O-])S(=O)(=O)O.NCCO.[Na+].[NaH]. The molecule has 0 aliphatic rings. The molecule has 2 amide bonds. The fourth-order valence-electron chi connectivity index (χ4n) is 2.10. The Morgan fingerprint density at radius 3 is 1.50 bits per heavy atom. The van der Waals surface area contributed by atoms with E-state index in [1.807, 2.05) is 0 Å². The second-order valence-electron chi connectivity index (χ2n) is 6.55. The molecule has 0 aliphatic carbocycles. The van der Waals surface area contributed by atoms with Gasteiger partial charge in [0.15, 0.2) is 0 Å². The molecule has 0 heterocycles. The van der Waals surface area contributed by atoms with Crippen molar-refractivity contribution in [2.45, 2.75) is 82.8 Å². The predicted octanol–water partition coefficient (Wildman–Crippen LogP) is -4.45. The van der Waals surface area contributed by atoms with E-state index in [4.69, 9.17) is 21.1 Å². The Morgan fingerprint density at radius 2 is 1.28 bits per heavy atom. The van der Waals surface area contributed by atoms with Crippen LogP contribution in [-0.4, -0.2) is 83.8 Å². The zero-order valence-corrected chi connectivity index (χ0v) is 21.6. The van der Waals surface area contributed by atoms with Crippen LogP contribution in [0.25, 0.3) is 0 Å². The molecule has 32 heavy (non-hydrogen) atoms. The molecule has 0 aromatic rings. The fraction of sp³-hybridized carbons (Fsp3) is 0.833. The number of hydrogen-bond donors (Lipinski definition) is 5. The van der Waals surface area contributed by atoms with Crippen LogP contribution in [0, 0.1) is 0 Å². The first kappa shape index (κ1) is 42.4. The zero-order chi connectivity index (χ0) is 24.0. The normalized spacial score (nSPS) is 10.6. The summed E-state index contributed by atoms with van der Waals surface area (Å²) in [6, 6.07) is 0. The Labute approximate surface area is 236 Å². The molecule has 182 valence electrons. The zero-order valence-electron chi connectivity index (χ0n) is 18.8. The molecule has 0 radical (unpaired) electrons. The minimum atomic E-state index is -4.82. The van der Waals surface area contributed by atoms with Gasteiger partial charge in [0.25, 0.3) is 10.1 Å². The summed E-state index contributed by atoms with van der Waals surface area (Å²) in [6.07, 6.45) is 11.1. The second-order valence-corrected chi connectivity index (χ2v) is 8.15. The number of aliphatic hydroxyl groups is 1. The summed E-state index contributed by atoms with van der Waals surface area (Å²) < 4.78 is 28.7. The van der Waals surface area contributed by atoms with Crippen LogP contribution < -0.4 is 51.9 Å².